The molecule has 0 aliphatic heterocycles. The normalized spacial score (nSPS) is 13.0. The molecule has 1 heterocycles. The van der Waals surface area contributed by atoms with Crippen LogP contribution in [0.3, 0.4) is 0 Å². The lowest BCUT2D eigenvalue weighted by molar-refractivity contribution is 0.555. The van der Waals surface area contributed by atoms with E-state index in [-0.39, 0.29) is 5.16 Å². The van der Waals surface area contributed by atoms with Crippen molar-refractivity contribution in [2.75, 3.05) is 0 Å². The summed E-state index contributed by atoms with van der Waals surface area (Å²) in [6.45, 7) is 0. The van der Waals surface area contributed by atoms with Crippen LogP contribution < -0.4 is 0 Å². The molecule has 0 aliphatic rings. The van der Waals surface area contributed by atoms with Gasteiger partial charge in [-0.15, -0.1) is 0 Å². The predicted octanol–water partition coefficient (Wildman–Crippen LogP) is 0.711. The Morgan fingerprint density at radius 2 is 2.00 bits per heavy atom. The molecule has 0 spiro atoms. The second kappa shape index (κ2) is 3.05. The summed E-state index contributed by atoms with van der Waals surface area (Å²) in [6.07, 6.45) is 2.52. The summed E-state index contributed by atoms with van der Waals surface area (Å²) >= 11 is 3.29. The molecule has 1 aromatic rings. The maximum atomic E-state index is 10.3. The molecular formula is C4H3ClN2O2S. The number of halogens is 1. The second-order valence-electron chi connectivity index (χ2n) is 1.43. The molecular weight excluding hydrogens is 176 g/mol. The van der Waals surface area contributed by atoms with Gasteiger partial charge in [0.1, 0.15) is 0 Å². The van der Waals surface area contributed by atoms with Crippen LogP contribution in [-0.4, -0.2) is 18.7 Å². The molecule has 1 rings (SSSR count). The molecule has 0 bridgehead atoms. The zero-order valence-electron chi connectivity index (χ0n) is 4.69. The topological polar surface area (TPSA) is 63.1 Å². The maximum absolute atomic E-state index is 10.3. The summed E-state index contributed by atoms with van der Waals surface area (Å²) in [5.41, 5.74) is 0. The Balaban J connectivity index is 3.00. The van der Waals surface area contributed by atoms with Crippen LogP contribution >= 0.6 is 11.6 Å². The van der Waals surface area contributed by atoms with Crippen molar-refractivity contribution < 1.29 is 8.76 Å². The van der Waals surface area contributed by atoms with Crippen molar-refractivity contribution in [3.8, 4) is 0 Å². The van der Waals surface area contributed by atoms with Gasteiger partial charge in [0.25, 0.3) is 0 Å². The van der Waals surface area contributed by atoms with Crippen LogP contribution in [0.4, 0.5) is 0 Å². The lowest BCUT2D eigenvalue weighted by Gasteiger charge is -1.90. The monoisotopic (exact) mass is 178 g/mol. The third kappa shape index (κ3) is 1.73. The average Bonchev–Trinajstić information content (AvgIpc) is 1.88. The van der Waals surface area contributed by atoms with Crippen LogP contribution in [0, 0.1) is 0 Å². The molecule has 4 nitrogen and oxygen atoms in total. The largest absolute Gasteiger partial charge is 0.300 e. The SMILES string of the molecule is O=S(O)c1ncc(Cl)cn1. The number of nitrogens with zero attached hydrogens (tertiary/aromatic N) is 2. The zero-order valence-corrected chi connectivity index (χ0v) is 6.26. The molecule has 0 aromatic carbocycles. The molecule has 1 N–H and O–H groups in total. The number of aromatic nitrogens is 2. The van der Waals surface area contributed by atoms with Crippen molar-refractivity contribution in [1.29, 1.82) is 0 Å². The Kier molecular flexibility index (Phi) is 2.31. The Bertz CT molecular complexity index is 250. The second-order valence-corrected chi connectivity index (χ2v) is 2.73. The number of hydrogen-bond donors (Lipinski definition) is 1. The van der Waals surface area contributed by atoms with E-state index in [0.717, 1.165) is 0 Å². The fourth-order valence-electron chi connectivity index (χ4n) is 0.391. The van der Waals surface area contributed by atoms with E-state index in [0.29, 0.717) is 5.02 Å². The van der Waals surface area contributed by atoms with Crippen LogP contribution in [0.1, 0.15) is 0 Å². The summed E-state index contributed by atoms with van der Waals surface area (Å²) in [6, 6.07) is 0. The molecule has 0 saturated heterocycles. The van der Waals surface area contributed by atoms with Crippen molar-refractivity contribution >= 4 is 22.7 Å². The van der Waals surface area contributed by atoms with Crippen LogP contribution in [-0.2, 0) is 11.1 Å². The fourth-order valence-corrected chi connectivity index (χ4v) is 0.774. The summed E-state index contributed by atoms with van der Waals surface area (Å²) < 4.78 is 18.7. The Morgan fingerprint density at radius 3 is 2.40 bits per heavy atom. The van der Waals surface area contributed by atoms with Crippen LogP contribution in [0.2, 0.25) is 5.02 Å². The lowest BCUT2D eigenvalue weighted by Crippen LogP contribution is -1.95. The van der Waals surface area contributed by atoms with Crippen LogP contribution in [0.15, 0.2) is 17.6 Å². The van der Waals surface area contributed by atoms with E-state index in [1.807, 2.05) is 0 Å². The van der Waals surface area contributed by atoms with Gasteiger partial charge in [0.15, 0.2) is 0 Å². The molecule has 1 aromatic heterocycles. The summed E-state index contributed by atoms with van der Waals surface area (Å²) in [5.74, 6) is 0. The zero-order chi connectivity index (χ0) is 7.56. The van der Waals surface area contributed by atoms with Gasteiger partial charge in [-0.2, -0.15) is 0 Å². The van der Waals surface area contributed by atoms with Gasteiger partial charge in [0.05, 0.1) is 17.4 Å². The van der Waals surface area contributed by atoms with E-state index >= 15 is 0 Å². The first-order valence-corrected chi connectivity index (χ1v) is 3.77. The minimum Gasteiger partial charge on any atom is -0.300 e. The quantitative estimate of drug-likeness (QED) is 0.508. The first-order valence-electron chi connectivity index (χ1n) is 2.28. The van der Waals surface area contributed by atoms with Gasteiger partial charge in [-0.05, 0) is 0 Å². The van der Waals surface area contributed by atoms with Crippen molar-refractivity contribution in [3.05, 3.63) is 17.4 Å². The van der Waals surface area contributed by atoms with Gasteiger partial charge in [-0.3, -0.25) is 4.55 Å². The molecule has 0 saturated carbocycles. The first-order chi connectivity index (χ1) is 4.70. The Morgan fingerprint density at radius 1 is 1.50 bits per heavy atom. The highest BCUT2D eigenvalue weighted by Crippen LogP contribution is 2.03. The van der Waals surface area contributed by atoms with E-state index in [1.54, 1.807) is 0 Å². The number of hydrogen-bond acceptors (Lipinski definition) is 3. The minimum absolute atomic E-state index is 0.135. The number of rotatable bonds is 1. The van der Waals surface area contributed by atoms with E-state index in [4.69, 9.17) is 16.2 Å². The summed E-state index contributed by atoms with van der Waals surface area (Å²) in [5, 5.41) is 0.207. The van der Waals surface area contributed by atoms with Gasteiger partial charge in [0.2, 0.25) is 16.2 Å². The molecule has 10 heavy (non-hydrogen) atoms. The predicted molar refractivity (Wildman–Crippen MR) is 36.1 cm³/mol. The van der Waals surface area contributed by atoms with Crippen LogP contribution in [0.5, 0.6) is 0 Å². The highest BCUT2D eigenvalue weighted by Gasteiger charge is 2.00. The Labute approximate surface area is 64.6 Å². The first kappa shape index (κ1) is 7.59. The third-order valence-electron chi connectivity index (χ3n) is 0.753. The molecule has 1 unspecified atom stereocenters. The standard InChI is InChI=1S/C4H3ClN2O2S/c5-3-1-6-4(7-2-3)10(8)9/h1-2H,(H,8,9). The van der Waals surface area contributed by atoms with Crippen molar-refractivity contribution in [3.63, 3.8) is 0 Å². The Hall–Kier alpha value is -0.520. The highest BCUT2D eigenvalue weighted by molar-refractivity contribution is 7.79. The van der Waals surface area contributed by atoms with Gasteiger partial charge in [-0.1, -0.05) is 11.6 Å². The highest BCUT2D eigenvalue weighted by atomic mass is 35.5. The molecule has 54 valence electrons. The summed E-state index contributed by atoms with van der Waals surface area (Å²) in [7, 11) is 0. The van der Waals surface area contributed by atoms with E-state index in [9.17, 15) is 4.21 Å². The van der Waals surface area contributed by atoms with Gasteiger partial charge < -0.3 is 0 Å². The van der Waals surface area contributed by atoms with Crippen molar-refractivity contribution in [2.45, 2.75) is 5.16 Å². The van der Waals surface area contributed by atoms with Gasteiger partial charge in [-0.25, -0.2) is 14.2 Å². The summed E-state index contributed by atoms with van der Waals surface area (Å²) in [4.78, 5) is 6.97. The molecule has 0 aliphatic carbocycles. The van der Waals surface area contributed by atoms with Crippen molar-refractivity contribution in [2.24, 2.45) is 0 Å². The van der Waals surface area contributed by atoms with E-state index in [2.05, 4.69) is 9.97 Å². The van der Waals surface area contributed by atoms with E-state index < -0.39 is 11.1 Å². The third-order valence-corrected chi connectivity index (χ3v) is 1.47. The minimum atomic E-state index is -2.12. The maximum Gasteiger partial charge on any atom is 0.246 e. The average molecular weight is 179 g/mol. The smallest absolute Gasteiger partial charge is 0.246 e. The van der Waals surface area contributed by atoms with Crippen LogP contribution in [0.25, 0.3) is 0 Å². The van der Waals surface area contributed by atoms with Crippen molar-refractivity contribution in [1.82, 2.24) is 9.97 Å². The van der Waals surface area contributed by atoms with E-state index in [1.165, 1.54) is 12.4 Å². The molecule has 1 atom stereocenters. The molecule has 0 amide bonds. The molecule has 6 heteroatoms. The van der Waals surface area contributed by atoms with Gasteiger partial charge >= 0.3 is 0 Å². The van der Waals surface area contributed by atoms with Gasteiger partial charge in [0, 0.05) is 0 Å². The molecule has 0 radical (unpaired) electrons. The lowest BCUT2D eigenvalue weighted by atomic mass is 10.7. The fraction of sp³-hybridized carbons (Fsp3) is 0. The molecule has 0 fully saturated rings.